The minimum Gasteiger partial charge on any atom is -0.459 e. The van der Waals surface area contributed by atoms with Crippen LogP contribution in [0.25, 0.3) is 0 Å². The first-order valence-electron chi connectivity index (χ1n) is 5.74. The molecule has 0 aliphatic rings. The predicted octanol–water partition coefficient (Wildman–Crippen LogP) is 1.74. The van der Waals surface area contributed by atoms with Crippen molar-refractivity contribution >= 4 is 5.91 Å². The maximum absolute atomic E-state index is 11.7. The first-order chi connectivity index (χ1) is 7.67. The van der Waals surface area contributed by atoms with Crippen LogP contribution in [0.15, 0.2) is 22.8 Å². The molecule has 0 aliphatic carbocycles. The zero-order valence-electron chi connectivity index (χ0n) is 10.2. The molecule has 1 aromatic heterocycles. The summed E-state index contributed by atoms with van der Waals surface area (Å²) in [5.41, 5.74) is 0. The summed E-state index contributed by atoms with van der Waals surface area (Å²) in [5, 5.41) is 2.91. The molecule has 0 radical (unpaired) electrons. The highest BCUT2D eigenvalue weighted by molar-refractivity contribution is 5.91. The minimum absolute atomic E-state index is 0.123. The van der Waals surface area contributed by atoms with Crippen LogP contribution in [0.3, 0.4) is 0 Å². The molecule has 0 saturated carbocycles. The van der Waals surface area contributed by atoms with Crippen molar-refractivity contribution in [3.05, 3.63) is 24.2 Å². The van der Waals surface area contributed by atoms with Crippen LogP contribution in [0.2, 0.25) is 0 Å². The van der Waals surface area contributed by atoms with Gasteiger partial charge in [-0.3, -0.25) is 4.79 Å². The number of likely N-dealkylation sites (N-methyl/N-ethyl adjacent to an activating group) is 1. The smallest absolute Gasteiger partial charge is 0.287 e. The molecule has 1 heterocycles. The van der Waals surface area contributed by atoms with E-state index in [1.807, 2.05) is 6.92 Å². The summed E-state index contributed by atoms with van der Waals surface area (Å²) in [6.07, 6.45) is 1.50. The Balaban J connectivity index is 2.39. The Morgan fingerprint density at radius 3 is 2.69 bits per heavy atom. The van der Waals surface area contributed by atoms with Gasteiger partial charge in [0, 0.05) is 12.6 Å². The van der Waals surface area contributed by atoms with Crippen molar-refractivity contribution in [1.82, 2.24) is 10.2 Å². The Morgan fingerprint density at radius 2 is 2.19 bits per heavy atom. The van der Waals surface area contributed by atoms with Crippen LogP contribution in [0.5, 0.6) is 0 Å². The van der Waals surface area contributed by atoms with Crippen molar-refractivity contribution in [2.45, 2.75) is 26.8 Å². The monoisotopic (exact) mass is 224 g/mol. The second kappa shape index (κ2) is 6.33. The molecular weight excluding hydrogens is 204 g/mol. The predicted molar refractivity (Wildman–Crippen MR) is 63.4 cm³/mol. The summed E-state index contributed by atoms with van der Waals surface area (Å²) in [7, 11) is 0. The molecule has 16 heavy (non-hydrogen) atoms. The number of hydrogen-bond acceptors (Lipinski definition) is 3. The van der Waals surface area contributed by atoms with Gasteiger partial charge in [-0.2, -0.15) is 0 Å². The number of hydrogen-bond donors (Lipinski definition) is 1. The third-order valence-electron chi connectivity index (χ3n) is 2.55. The average molecular weight is 224 g/mol. The third kappa shape index (κ3) is 3.70. The fourth-order valence-electron chi connectivity index (χ4n) is 1.62. The van der Waals surface area contributed by atoms with Gasteiger partial charge in [-0.1, -0.05) is 13.8 Å². The first-order valence-corrected chi connectivity index (χ1v) is 5.74. The molecular formula is C12H20N2O2. The normalized spacial score (nSPS) is 12.8. The summed E-state index contributed by atoms with van der Waals surface area (Å²) in [4.78, 5) is 13.9. The molecule has 1 atom stereocenters. The molecule has 0 fully saturated rings. The number of amides is 1. The molecule has 90 valence electrons. The highest BCUT2D eigenvalue weighted by Gasteiger charge is 2.13. The number of nitrogens with one attached hydrogen (secondary N) is 1. The number of furan rings is 1. The Bertz CT molecular complexity index is 305. The highest BCUT2D eigenvalue weighted by Crippen LogP contribution is 2.00. The van der Waals surface area contributed by atoms with E-state index in [0.29, 0.717) is 5.76 Å². The lowest BCUT2D eigenvalue weighted by molar-refractivity contribution is 0.0902. The summed E-state index contributed by atoms with van der Waals surface area (Å²) in [5.74, 6) is 0.219. The van der Waals surface area contributed by atoms with Gasteiger partial charge in [0.05, 0.1) is 6.26 Å². The fourth-order valence-corrected chi connectivity index (χ4v) is 1.62. The van der Waals surface area contributed by atoms with Crippen molar-refractivity contribution in [1.29, 1.82) is 0 Å². The maximum atomic E-state index is 11.7. The summed E-state index contributed by atoms with van der Waals surface area (Å²) >= 11 is 0. The lowest BCUT2D eigenvalue weighted by Crippen LogP contribution is -2.41. The lowest BCUT2D eigenvalue weighted by Gasteiger charge is -2.23. The molecule has 4 heteroatoms. The van der Waals surface area contributed by atoms with Gasteiger partial charge >= 0.3 is 0 Å². The van der Waals surface area contributed by atoms with E-state index in [1.54, 1.807) is 12.1 Å². The van der Waals surface area contributed by atoms with Crippen LogP contribution < -0.4 is 5.32 Å². The second-order valence-corrected chi connectivity index (χ2v) is 3.84. The van der Waals surface area contributed by atoms with Crippen LogP contribution in [-0.4, -0.2) is 36.5 Å². The molecule has 0 aromatic carbocycles. The molecule has 1 aromatic rings. The van der Waals surface area contributed by atoms with E-state index in [9.17, 15) is 4.79 Å². The van der Waals surface area contributed by atoms with E-state index in [-0.39, 0.29) is 11.9 Å². The van der Waals surface area contributed by atoms with Crippen molar-refractivity contribution < 1.29 is 9.21 Å². The van der Waals surface area contributed by atoms with Crippen molar-refractivity contribution in [2.24, 2.45) is 0 Å². The minimum atomic E-state index is -0.148. The lowest BCUT2D eigenvalue weighted by atomic mass is 10.3. The molecule has 1 rings (SSSR count). The summed E-state index contributed by atoms with van der Waals surface area (Å²) in [6, 6.07) is 3.50. The largest absolute Gasteiger partial charge is 0.459 e. The zero-order valence-corrected chi connectivity index (χ0v) is 10.2. The third-order valence-corrected chi connectivity index (χ3v) is 2.55. The van der Waals surface area contributed by atoms with Crippen LogP contribution in [-0.2, 0) is 0 Å². The highest BCUT2D eigenvalue weighted by atomic mass is 16.3. The number of carbonyl (C=O) groups is 1. The number of carbonyl (C=O) groups excluding carboxylic acids is 1. The van der Waals surface area contributed by atoms with Gasteiger partial charge in [0.1, 0.15) is 0 Å². The van der Waals surface area contributed by atoms with E-state index >= 15 is 0 Å². The van der Waals surface area contributed by atoms with Gasteiger partial charge in [0.15, 0.2) is 5.76 Å². The van der Waals surface area contributed by atoms with Crippen LogP contribution in [0.1, 0.15) is 31.3 Å². The standard InChI is InChI=1S/C12H20N2O2/c1-4-14(5-2)9-10(3)13-12(15)11-7-6-8-16-11/h6-8,10H,4-5,9H2,1-3H3,(H,13,15). The molecule has 4 nitrogen and oxygen atoms in total. The second-order valence-electron chi connectivity index (χ2n) is 3.84. The van der Waals surface area contributed by atoms with Crippen LogP contribution in [0, 0.1) is 0 Å². The van der Waals surface area contributed by atoms with Crippen molar-refractivity contribution in [2.75, 3.05) is 19.6 Å². The van der Waals surface area contributed by atoms with Gasteiger partial charge in [-0.15, -0.1) is 0 Å². The number of nitrogens with zero attached hydrogens (tertiary/aromatic N) is 1. The quantitative estimate of drug-likeness (QED) is 0.800. The zero-order chi connectivity index (χ0) is 12.0. The van der Waals surface area contributed by atoms with Gasteiger partial charge in [0.2, 0.25) is 0 Å². The van der Waals surface area contributed by atoms with E-state index in [0.717, 1.165) is 19.6 Å². The fraction of sp³-hybridized carbons (Fsp3) is 0.583. The van der Waals surface area contributed by atoms with Gasteiger partial charge in [0.25, 0.3) is 5.91 Å². The molecule has 0 bridgehead atoms. The SMILES string of the molecule is CCN(CC)CC(C)NC(=O)c1ccco1. The Morgan fingerprint density at radius 1 is 1.50 bits per heavy atom. The summed E-state index contributed by atoms with van der Waals surface area (Å²) in [6.45, 7) is 9.09. The Kier molecular flexibility index (Phi) is 5.05. The number of rotatable bonds is 6. The molecule has 1 unspecified atom stereocenters. The molecule has 1 N–H and O–H groups in total. The molecule has 0 spiro atoms. The van der Waals surface area contributed by atoms with Gasteiger partial charge in [-0.05, 0) is 32.1 Å². The molecule has 0 saturated heterocycles. The molecule has 0 aliphatic heterocycles. The van der Waals surface area contributed by atoms with Crippen molar-refractivity contribution in [3.8, 4) is 0 Å². The van der Waals surface area contributed by atoms with Gasteiger partial charge < -0.3 is 14.6 Å². The molecule has 1 amide bonds. The Hall–Kier alpha value is -1.29. The first kappa shape index (κ1) is 12.8. The van der Waals surface area contributed by atoms with Crippen molar-refractivity contribution in [3.63, 3.8) is 0 Å². The average Bonchev–Trinajstić information content (AvgIpc) is 2.79. The van der Waals surface area contributed by atoms with E-state index < -0.39 is 0 Å². The van der Waals surface area contributed by atoms with E-state index in [1.165, 1.54) is 6.26 Å². The topological polar surface area (TPSA) is 45.5 Å². The van der Waals surface area contributed by atoms with Crippen LogP contribution in [0.4, 0.5) is 0 Å². The Labute approximate surface area is 96.6 Å². The summed E-state index contributed by atoms with van der Waals surface area (Å²) < 4.78 is 5.03. The van der Waals surface area contributed by atoms with E-state index in [4.69, 9.17) is 4.42 Å². The van der Waals surface area contributed by atoms with Crippen LogP contribution >= 0.6 is 0 Å². The maximum Gasteiger partial charge on any atom is 0.287 e. The van der Waals surface area contributed by atoms with E-state index in [2.05, 4.69) is 24.1 Å². The van der Waals surface area contributed by atoms with Gasteiger partial charge in [-0.25, -0.2) is 0 Å².